The van der Waals surface area contributed by atoms with E-state index in [9.17, 15) is 9.90 Å². The SMILES string of the molecule is CCn1c(O)c(N=NC(=O)c2ccc(COc3ccccc3-c3ccccc3)cc2)c2ccccc21. The number of nitrogens with zero attached hydrogens (tertiary/aromatic N) is 3. The van der Waals surface area contributed by atoms with Gasteiger partial charge in [-0.15, -0.1) is 10.2 Å². The molecule has 1 aromatic heterocycles. The zero-order valence-corrected chi connectivity index (χ0v) is 19.8. The highest BCUT2D eigenvalue weighted by Crippen LogP contribution is 2.38. The van der Waals surface area contributed by atoms with Gasteiger partial charge in [0.05, 0.1) is 5.52 Å². The van der Waals surface area contributed by atoms with Crippen LogP contribution in [0.2, 0.25) is 0 Å². The fourth-order valence-electron chi connectivity index (χ4n) is 4.20. The standard InChI is InChI=1S/C30H25N3O3/c1-2-33-26-14-8-6-13-25(26)28(30(33)35)31-32-29(34)23-18-16-21(17-19-23)20-36-27-15-9-7-12-24(27)22-10-4-3-5-11-22/h3-19,35H,2,20H2,1H3. The Morgan fingerprint density at radius 2 is 1.56 bits per heavy atom. The molecule has 36 heavy (non-hydrogen) atoms. The average molecular weight is 476 g/mol. The van der Waals surface area contributed by atoms with Crippen LogP contribution in [-0.2, 0) is 13.2 Å². The lowest BCUT2D eigenvalue weighted by atomic mass is 10.0. The fraction of sp³-hybridized carbons (Fsp3) is 0.100. The number of benzene rings is 4. The van der Waals surface area contributed by atoms with E-state index in [1.165, 1.54) is 0 Å². The summed E-state index contributed by atoms with van der Waals surface area (Å²) in [6.07, 6.45) is 0. The lowest BCUT2D eigenvalue weighted by Gasteiger charge is -2.12. The molecule has 6 nitrogen and oxygen atoms in total. The molecule has 0 spiro atoms. The molecule has 4 aromatic carbocycles. The third-order valence-electron chi connectivity index (χ3n) is 6.04. The second-order valence-corrected chi connectivity index (χ2v) is 8.29. The Balaban J connectivity index is 1.29. The van der Waals surface area contributed by atoms with Crippen LogP contribution in [0.25, 0.3) is 22.0 Å². The van der Waals surface area contributed by atoms with E-state index in [1.54, 1.807) is 16.7 Å². The predicted octanol–water partition coefficient (Wildman–Crippen LogP) is 7.54. The summed E-state index contributed by atoms with van der Waals surface area (Å²) in [5.74, 6) is 0.312. The Bertz CT molecular complexity index is 1540. The van der Waals surface area contributed by atoms with Gasteiger partial charge in [-0.25, -0.2) is 0 Å². The van der Waals surface area contributed by atoms with Gasteiger partial charge >= 0.3 is 0 Å². The van der Waals surface area contributed by atoms with Crippen LogP contribution in [0.4, 0.5) is 5.69 Å². The molecule has 178 valence electrons. The van der Waals surface area contributed by atoms with E-state index < -0.39 is 5.91 Å². The molecule has 0 aliphatic rings. The first-order chi connectivity index (χ1) is 17.7. The lowest BCUT2D eigenvalue weighted by Crippen LogP contribution is -1.99. The highest BCUT2D eigenvalue weighted by Gasteiger charge is 2.16. The zero-order chi connectivity index (χ0) is 24.9. The van der Waals surface area contributed by atoms with Gasteiger partial charge in [-0.2, -0.15) is 0 Å². The Morgan fingerprint density at radius 3 is 2.33 bits per heavy atom. The fourth-order valence-corrected chi connectivity index (χ4v) is 4.20. The quantitative estimate of drug-likeness (QED) is 0.247. The molecule has 0 aliphatic heterocycles. The van der Waals surface area contributed by atoms with Crippen molar-refractivity contribution in [2.24, 2.45) is 10.2 Å². The summed E-state index contributed by atoms with van der Waals surface area (Å²) in [5.41, 5.74) is 4.59. The Kier molecular flexibility index (Phi) is 6.58. The minimum Gasteiger partial charge on any atom is -0.493 e. The average Bonchev–Trinajstić information content (AvgIpc) is 3.21. The van der Waals surface area contributed by atoms with Gasteiger partial charge in [0.25, 0.3) is 5.91 Å². The smallest absolute Gasteiger partial charge is 0.295 e. The normalized spacial score (nSPS) is 11.2. The van der Waals surface area contributed by atoms with E-state index in [1.807, 2.05) is 85.8 Å². The molecular weight excluding hydrogens is 450 g/mol. The first-order valence-electron chi connectivity index (χ1n) is 11.8. The van der Waals surface area contributed by atoms with Crippen molar-refractivity contribution in [3.05, 3.63) is 114 Å². The number of aromatic nitrogens is 1. The van der Waals surface area contributed by atoms with Gasteiger partial charge in [0.2, 0.25) is 5.88 Å². The maximum atomic E-state index is 12.7. The Labute approximate surface area is 209 Å². The monoisotopic (exact) mass is 475 g/mol. The summed E-state index contributed by atoms with van der Waals surface area (Å²) in [4.78, 5) is 12.7. The minimum absolute atomic E-state index is 0.00136. The van der Waals surface area contributed by atoms with Crippen molar-refractivity contribution >= 4 is 22.5 Å². The first-order valence-corrected chi connectivity index (χ1v) is 11.8. The molecule has 0 fully saturated rings. The highest BCUT2D eigenvalue weighted by molar-refractivity contribution is 5.97. The number of hydrogen-bond donors (Lipinski definition) is 1. The number of carbonyl (C=O) groups excluding carboxylic acids is 1. The van der Waals surface area contributed by atoms with Crippen LogP contribution in [0, 0.1) is 0 Å². The molecule has 1 heterocycles. The second kappa shape index (κ2) is 10.3. The van der Waals surface area contributed by atoms with E-state index >= 15 is 0 Å². The maximum absolute atomic E-state index is 12.7. The van der Waals surface area contributed by atoms with Gasteiger partial charge in [-0.3, -0.25) is 4.79 Å². The van der Waals surface area contributed by atoms with Gasteiger partial charge in [-0.05, 0) is 42.3 Å². The van der Waals surface area contributed by atoms with Crippen molar-refractivity contribution in [1.82, 2.24) is 4.57 Å². The van der Waals surface area contributed by atoms with Gasteiger partial charge in [0, 0.05) is 23.1 Å². The van der Waals surface area contributed by atoms with Crippen LogP contribution in [0.3, 0.4) is 0 Å². The number of amides is 1. The minimum atomic E-state index is -0.482. The molecule has 0 saturated heterocycles. The van der Waals surface area contributed by atoms with E-state index in [-0.39, 0.29) is 5.88 Å². The van der Waals surface area contributed by atoms with E-state index in [0.717, 1.165) is 33.3 Å². The summed E-state index contributed by atoms with van der Waals surface area (Å²) < 4.78 is 7.83. The molecule has 1 N–H and O–H groups in total. The molecule has 0 atom stereocenters. The topological polar surface area (TPSA) is 76.2 Å². The Morgan fingerprint density at radius 1 is 0.861 bits per heavy atom. The summed E-state index contributed by atoms with van der Waals surface area (Å²) in [7, 11) is 0. The summed E-state index contributed by atoms with van der Waals surface area (Å²) in [5, 5.41) is 19.3. The second-order valence-electron chi connectivity index (χ2n) is 8.29. The number of rotatable bonds is 7. The van der Waals surface area contributed by atoms with Gasteiger partial charge in [0.1, 0.15) is 12.4 Å². The summed E-state index contributed by atoms with van der Waals surface area (Å²) in [6.45, 7) is 2.88. The largest absolute Gasteiger partial charge is 0.493 e. The number of fused-ring (bicyclic) bond motifs is 1. The van der Waals surface area contributed by atoms with E-state index in [4.69, 9.17) is 4.74 Å². The van der Waals surface area contributed by atoms with Crippen LogP contribution in [0.1, 0.15) is 22.8 Å². The van der Waals surface area contributed by atoms with Crippen molar-refractivity contribution < 1.29 is 14.6 Å². The molecule has 5 rings (SSSR count). The van der Waals surface area contributed by atoms with Crippen molar-refractivity contribution in [3.8, 4) is 22.8 Å². The third-order valence-corrected chi connectivity index (χ3v) is 6.04. The van der Waals surface area contributed by atoms with E-state index in [0.29, 0.717) is 24.4 Å². The van der Waals surface area contributed by atoms with Gasteiger partial charge < -0.3 is 14.4 Å². The predicted molar refractivity (Wildman–Crippen MR) is 141 cm³/mol. The molecule has 0 bridgehead atoms. The number of carbonyl (C=O) groups is 1. The first kappa shape index (κ1) is 23.1. The molecule has 6 heteroatoms. The summed E-state index contributed by atoms with van der Waals surface area (Å²) in [6, 6.07) is 32.6. The molecule has 5 aromatic rings. The number of azo groups is 1. The van der Waals surface area contributed by atoms with Crippen LogP contribution in [-0.4, -0.2) is 15.6 Å². The number of hydrogen-bond acceptors (Lipinski definition) is 4. The molecule has 0 saturated carbocycles. The maximum Gasteiger partial charge on any atom is 0.295 e. The number of ether oxygens (including phenoxy) is 1. The van der Waals surface area contributed by atoms with E-state index in [2.05, 4.69) is 22.4 Å². The van der Waals surface area contributed by atoms with Crippen molar-refractivity contribution in [1.29, 1.82) is 0 Å². The molecule has 0 radical (unpaired) electrons. The van der Waals surface area contributed by atoms with Crippen LogP contribution < -0.4 is 4.74 Å². The third kappa shape index (κ3) is 4.61. The van der Waals surface area contributed by atoms with Gasteiger partial charge in [0.15, 0.2) is 5.69 Å². The molecule has 1 amide bonds. The van der Waals surface area contributed by atoms with Crippen LogP contribution >= 0.6 is 0 Å². The number of para-hydroxylation sites is 2. The highest BCUT2D eigenvalue weighted by atomic mass is 16.5. The van der Waals surface area contributed by atoms with Crippen LogP contribution in [0.15, 0.2) is 113 Å². The van der Waals surface area contributed by atoms with Gasteiger partial charge in [-0.1, -0.05) is 78.9 Å². The molecule has 0 aliphatic carbocycles. The summed E-state index contributed by atoms with van der Waals surface area (Å²) >= 11 is 0. The zero-order valence-electron chi connectivity index (χ0n) is 19.8. The number of aryl methyl sites for hydroxylation is 1. The van der Waals surface area contributed by atoms with Crippen LogP contribution in [0.5, 0.6) is 11.6 Å². The Hall–Kier alpha value is -4.71. The van der Waals surface area contributed by atoms with Crippen molar-refractivity contribution in [2.45, 2.75) is 20.1 Å². The molecular formula is C30H25N3O3. The van der Waals surface area contributed by atoms with Crippen molar-refractivity contribution in [3.63, 3.8) is 0 Å². The number of aromatic hydroxyl groups is 1. The molecule has 0 unspecified atom stereocenters. The lowest BCUT2D eigenvalue weighted by molar-refractivity contribution is 0.0995. The van der Waals surface area contributed by atoms with Crippen molar-refractivity contribution in [2.75, 3.05) is 0 Å².